The molecule has 3 rings (SSSR count). The normalized spacial score (nSPS) is 17.3. The Hall–Kier alpha value is -2.13. The highest BCUT2D eigenvalue weighted by Crippen LogP contribution is 2.31. The van der Waals surface area contributed by atoms with Gasteiger partial charge in [0.25, 0.3) is 5.91 Å². The number of rotatable bonds is 4. The predicted octanol–water partition coefficient (Wildman–Crippen LogP) is 4.71. The van der Waals surface area contributed by atoms with Crippen molar-refractivity contribution in [3.8, 4) is 0 Å². The summed E-state index contributed by atoms with van der Waals surface area (Å²) in [6.45, 7) is 4.69. The second-order valence-corrected chi connectivity index (χ2v) is 6.33. The molecule has 0 aromatic heterocycles. The number of hydrogen-bond acceptors (Lipinski definition) is 2. The van der Waals surface area contributed by atoms with Crippen LogP contribution in [0.2, 0.25) is 5.02 Å². The van der Waals surface area contributed by atoms with Gasteiger partial charge in [-0.2, -0.15) is 0 Å². The van der Waals surface area contributed by atoms with Crippen LogP contribution in [0.3, 0.4) is 0 Å². The third-order valence-electron chi connectivity index (χ3n) is 4.27. The molecular formula is C20H21ClN2O. The number of aliphatic imine (C=N–C) groups is 1. The summed E-state index contributed by atoms with van der Waals surface area (Å²) in [5, 5.41) is 0.648. The first-order valence-electron chi connectivity index (χ1n) is 8.40. The van der Waals surface area contributed by atoms with Gasteiger partial charge in [0, 0.05) is 22.7 Å². The first kappa shape index (κ1) is 16.7. The molecule has 1 aliphatic heterocycles. The third kappa shape index (κ3) is 3.09. The average molecular weight is 341 g/mol. The Morgan fingerprint density at radius 1 is 1.12 bits per heavy atom. The summed E-state index contributed by atoms with van der Waals surface area (Å²) in [5.74, 6) is 0.0638. The highest BCUT2D eigenvalue weighted by molar-refractivity contribution is 6.32. The van der Waals surface area contributed by atoms with Crippen molar-refractivity contribution >= 4 is 28.9 Å². The van der Waals surface area contributed by atoms with Crippen LogP contribution in [0.5, 0.6) is 0 Å². The third-order valence-corrected chi connectivity index (χ3v) is 4.50. The number of carbonyl (C=O) groups is 1. The molecule has 124 valence electrons. The maximum Gasteiger partial charge on any atom is 0.251 e. The van der Waals surface area contributed by atoms with Gasteiger partial charge in [-0.15, -0.1) is 0 Å². The van der Waals surface area contributed by atoms with E-state index in [1.54, 1.807) is 0 Å². The summed E-state index contributed by atoms with van der Waals surface area (Å²) < 4.78 is 0. The van der Waals surface area contributed by atoms with E-state index in [4.69, 9.17) is 16.6 Å². The van der Waals surface area contributed by atoms with Crippen LogP contribution in [-0.4, -0.2) is 24.2 Å². The minimum absolute atomic E-state index is 0.0638. The second-order valence-electron chi connectivity index (χ2n) is 5.89. The highest BCUT2D eigenvalue weighted by Gasteiger charge is 2.30. The molecule has 0 aliphatic carbocycles. The molecular weight excluding hydrogens is 320 g/mol. The van der Waals surface area contributed by atoms with Crippen molar-refractivity contribution in [2.45, 2.75) is 32.7 Å². The van der Waals surface area contributed by atoms with Crippen LogP contribution in [0, 0.1) is 0 Å². The van der Waals surface area contributed by atoms with Gasteiger partial charge in [0.05, 0.1) is 11.4 Å². The Bertz CT molecular complexity index is 770. The first-order valence-corrected chi connectivity index (χ1v) is 8.78. The lowest BCUT2D eigenvalue weighted by Gasteiger charge is -2.23. The van der Waals surface area contributed by atoms with E-state index in [1.807, 2.05) is 60.4 Å². The predicted molar refractivity (Wildman–Crippen MR) is 100 cm³/mol. The largest absolute Gasteiger partial charge is 0.310 e. The quantitative estimate of drug-likeness (QED) is 0.793. The maximum atomic E-state index is 13.0. The van der Waals surface area contributed by atoms with E-state index in [9.17, 15) is 4.79 Å². The molecule has 0 spiro atoms. The molecule has 1 atom stereocenters. The number of anilines is 1. The average Bonchev–Trinajstić information content (AvgIpc) is 2.71. The fourth-order valence-corrected chi connectivity index (χ4v) is 3.30. The Morgan fingerprint density at radius 3 is 2.54 bits per heavy atom. The summed E-state index contributed by atoms with van der Waals surface area (Å²) in [7, 11) is 0. The van der Waals surface area contributed by atoms with Crippen LogP contribution in [-0.2, 0) is 4.79 Å². The number of fused-ring (bicyclic) bond motifs is 1. The van der Waals surface area contributed by atoms with Crippen molar-refractivity contribution in [1.82, 2.24) is 0 Å². The maximum absolute atomic E-state index is 13.0. The highest BCUT2D eigenvalue weighted by atomic mass is 35.5. The van der Waals surface area contributed by atoms with Gasteiger partial charge in [0.1, 0.15) is 6.04 Å². The van der Waals surface area contributed by atoms with Gasteiger partial charge in [0.15, 0.2) is 0 Å². The van der Waals surface area contributed by atoms with Gasteiger partial charge in [-0.05, 0) is 31.5 Å². The lowest BCUT2D eigenvalue weighted by molar-refractivity contribution is -0.119. The molecule has 24 heavy (non-hydrogen) atoms. The number of amides is 1. The number of carbonyl (C=O) groups excluding carboxylic acids is 1. The molecule has 1 unspecified atom stereocenters. The Kier molecular flexibility index (Phi) is 5.00. The standard InChI is InChI=1S/C20H21ClN2O/c1-3-8-17-20(24)23(4-2)18-12-11-15(21)13-16(18)19(22-17)14-9-6-5-7-10-14/h5-7,9-13,17H,3-4,8H2,1-2H3. The molecule has 1 heterocycles. The molecule has 0 radical (unpaired) electrons. The van der Waals surface area contributed by atoms with E-state index in [0.29, 0.717) is 11.6 Å². The molecule has 0 fully saturated rings. The molecule has 0 N–H and O–H groups in total. The number of nitrogens with zero attached hydrogens (tertiary/aromatic N) is 2. The molecule has 3 nitrogen and oxygen atoms in total. The van der Waals surface area contributed by atoms with Crippen LogP contribution < -0.4 is 4.90 Å². The number of benzene rings is 2. The second kappa shape index (κ2) is 7.18. The zero-order chi connectivity index (χ0) is 17.1. The summed E-state index contributed by atoms with van der Waals surface area (Å²) in [5.41, 5.74) is 3.65. The topological polar surface area (TPSA) is 32.7 Å². The van der Waals surface area contributed by atoms with E-state index in [1.165, 1.54) is 0 Å². The van der Waals surface area contributed by atoms with Crippen LogP contribution in [0.15, 0.2) is 53.5 Å². The van der Waals surface area contributed by atoms with Crippen LogP contribution in [0.25, 0.3) is 0 Å². The fourth-order valence-electron chi connectivity index (χ4n) is 3.13. The molecule has 1 amide bonds. The minimum Gasteiger partial charge on any atom is -0.310 e. The monoisotopic (exact) mass is 340 g/mol. The molecule has 0 saturated heterocycles. The van der Waals surface area contributed by atoms with E-state index in [0.717, 1.165) is 35.4 Å². The fraction of sp³-hybridized carbons (Fsp3) is 0.300. The van der Waals surface area contributed by atoms with Gasteiger partial charge < -0.3 is 4.90 Å². The SMILES string of the molecule is CCCC1N=C(c2ccccc2)c2cc(Cl)ccc2N(CC)C1=O. The number of hydrogen-bond donors (Lipinski definition) is 0. The van der Waals surface area contributed by atoms with Gasteiger partial charge in [-0.1, -0.05) is 55.3 Å². The summed E-state index contributed by atoms with van der Waals surface area (Å²) in [6.07, 6.45) is 1.66. The Morgan fingerprint density at radius 2 is 1.88 bits per heavy atom. The first-order chi connectivity index (χ1) is 11.7. The van der Waals surface area contributed by atoms with Gasteiger partial charge in [-0.25, -0.2) is 0 Å². The van der Waals surface area contributed by atoms with Crippen molar-refractivity contribution in [2.24, 2.45) is 4.99 Å². The molecule has 2 aromatic carbocycles. The number of likely N-dealkylation sites (N-methyl/N-ethyl adjacent to an activating group) is 1. The van der Waals surface area contributed by atoms with E-state index in [2.05, 4.69) is 6.92 Å². The van der Waals surface area contributed by atoms with Crippen molar-refractivity contribution in [1.29, 1.82) is 0 Å². The smallest absolute Gasteiger partial charge is 0.251 e. The summed E-state index contributed by atoms with van der Waals surface area (Å²) in [6, 6.07) is 15.3. The summed E-state index contributed by atoms with van der Waals surface area (Å²) in [4.78, 5) is 19.7. The minimum atomic E-state index is -0.351. The van der Waals surface area contributed by atoms with Gasteiger partial charge >= 0.3 is 0 Å². The van der Waals surface area contributed by atoms with E-state index < -0.39 is 0 Å². The van der Waals surface area contributed by atoms with Gasteiger partial charge in [-0.3, -0.25) is 9.79 Å². The number of halogens is 1. The molecule has 2 aromatic rings. The molecule has 0 bridgehead atoms. The van der Waals surface area contributed by atoms with Gasteiger partial charge in [0.2, 0.25) is 0 Å². The Balaban J connectivity index is 2.25. The lowest BCUT2D eigenvalue weighted by atomic mass is 10.00. The lowest BCUT2D eigenvalue weighted by Crippen LogP contribution is -2.37. The van der Waals surface area contributed by atoms with Crippen molar-refractivity contribution in [3.63, 3.8) is 0 Å². The van der Waals surface area contributed by atoms with E-state index in [-0.39, 0.29) is 11.9 Å². The van der Waals surface area contributed by atoms with Crippen LogP contribution in [0.4, 0.5) is 5.69 Å². The van der Waals surface area contributed by atoms with E-state index >= 15 is 0 Å². The van der Waals surface area contributed by atoms with Crippen LogP contribution >= 0.6 is 11.6 Å². The molecule has 4 heteroatoms. The molecule has 0 saturated carbocycles. The zero-order valence-electron chi connectivity index (χ0n) is 14.0. The van der Waals surface area contributed by atoms with Crippen molar-refractivity contribution in [2.75, 3.05) is 11.4 Å². The van der Waals surface area contributed by atoms with Crippen molar-refractivity contribution in [3.05, 3.63) is 64.7 Å². The zero-order valence-corrected chi connectivity index (χ0v) is 14.8. The van der Waals surface area contributed by atoms with Crippen molar-refractivity contribution < 1.29 is 4.79 Å². The van der Waals surface area contributed by atoms with Crippen LogP contribution in [0.1, 0.15) is 37.8 Å². The summed E-state index contributed by atoms with van der Waals surface area (Å²) >= 11 is 6.25. The molecule has 1 aliphatic rings. The Labute approximate surface area is 148 Å². The number of benzodiazepines with no additional fused rings is 1.